The molecule has 30 heavy (non-hydrogen) atoms. The number of hydrogen-bond acceptors (Lipinski definition) is 3. The van der Waals surface area contributed by atoms with Crippen molar-refractivity contribution in [2.75, 3.05) is 5.32 Å². The average Bonchev–Trinajstić information content (AvgIpc) is 2.71. The molecule has 0 saturated carbocycles. The molecule has 3 aromatic carbocycles. The summed E-state index contributed by atoms with van der Waals surface area (Å²) in [7, 11) is 0. The smallest absolute Gasteiger partial charge is 0.312 e. The number of amides is 3. The van der Waals surface area contributed by atoms with E-state index in [9.17, 15) is 14.0 Å². The first kappa shape index (κ1) is 20.9. The number of rotatable bonds is 7. The Kier molecular flexibility index (Phi) is 6.64. The van der Waals surface area contributed by atoms with Gasteiger partial charge >= 0.3 is 6.03 Å². The zero-order chi connectivity index (χ0) is 21.5. The fourth-order valence-electron chi connectivity index (χ4n) is 2.95. The van der Waals surface area contributed by atoms with Crippen LogP contribution < -0.4 is 21.1 Å². The van der Waals surface area contributed by atoms with E-state index >= 15 is 0 Å². The molecule has 7 heteroatoms. The molecule has 0 saturated heterocycles. The third-order valence-corrected chi connectivity index (χ3v) is 4.40. The number of carbonyl (C=O) groups excluding carboxylic acids is 2. The summed E-state index contributed by atoms with van der Waals surface area (Å²) in [5.74, 6) is 0.117. The minimum atomic E-state index is -0.908. The third-order valence-electron chi connectivity index (χ3n) is 4.40. The third kappa shape index (κ3) is 5.57. The zero-order valence-corrected chi connectivity index (χ0v) is 16.4. The van der Waals surface area contributed by atoms with Gasteiger partial charge in [-0.15, -0.1) is 0 Å². The first-order valence-corrected chi connectivity index (χ1v) is 9.36. The Morgan fingerprint density at radius 2 is 1.67 bits per heavy atom. The van der Waals surface area contributed by atoms with Gasteiger partial charge in [-0.05, 0) is 37.3 Å². The van der Waals surface area contributed by atoms with E-state index in [-0.39, 0.29) is 12.0 Å². The van der Waals surface area contributed by atoms with Crippen LogP contribution in [0.15, 0.2) is 72.8 Å². The number of halogens is 1. The first-order valence-electron chi connectivity index (χ1n) is 9.36. The van der Waals surface area contributed by atoms with Crippen LogP contribution in [0.25, 0.3) is 0 Å². The molecule has 154 valence electrons. The maximum absolute atomic E-state index is 14.2. The van der Waals surface area contributed by atoms with Crippen molar-refractivity contribution in [3.8, 4) is 11.5 Å². The van der Waals surface area contributed by atoms with Crippen molar-refractivity contribution in [2.45, 2.75) is 19.4 Å². The highest BCUT2D eigenvalue weighted by atomic mass is 19.1. The van der Waals surface area contributed by atoms with Gasteiger partial charge in [-0.25, -0.2) is 9.18 Å². The topological polar surface area (TPSA) is 93.4 Å². The van der Waals surface area contributed by atoms with E-state index in [2.05, 4.69) is 10.6 Å². The molecule has 3 aromatic rings. The standard InChI is InChI=1S/C23H22FN3O3/c1-15-10-12-16(13-11-15)30-21-9-5-4-8-19(21)26-22(28)14-20(27-23(25)29)17-6-2-3-7-18(17)24/h2-13,20H,14H2,1H3,(H,26,28)(H3,25,27,29)/t20-/m1/s1. The molecule has 4 N–H and O–H groups in total. The number of aryl methyl sites for hydroxylation is 1. The van der Waals surface area contributed by atoms with E-state index in [0.717, 1.165) is 5.56 Å². The second kappa shape index (κ2) is 9.56. The van der Waals surface area contributed by atoms with Gasteiger partial charge in [0.1, 0.15) is 11.6 Å². The first-order chi connectivity index (χ1) is 14.4. The van der Waals surface area contributed by atoms with Crippen LogP contribution in [0.1, 0.15) is 23.6 Å². The van der Waals surface area contributed by atoms with Crippen molar-refractivity contribution in [1.82, 2.24) is 5.32 Å². The maximum atomic E-state index is 14.2. The number of carbonyl (C=O) groups is 2. The SMILES string of the molecule is Cc1ccc(Oc2ccccc2NC(=O)C[C@@H](NC(N)=O)c2ccccc2F)cc1. The second-order valence-electron chi connectivity index (χ2n) is 6.75. The van der Waals surface area contributed by atoms with Crippen molar-refractivity contribution in [3.05, 3.63) is 89.7 Å². The lowest BCUT2D eigenvalue weighted by Crippen LogP contribution is -2.35. The summed E-state index contributed by atoms with van der Waals surface area (Å²) < 4.78 is 20.0. The van der Waals surface area contributed by atoms with Gasteiger partial charge in [-0.2, -0.15) is 0 Å². The van der Waals surface area contributed by atoms with E-state index in [1.807, 2.05) is 31.2 Å². The summed E-state index contributed by atoms with van der Waals surface area (Å²) in [5.41, 5.74) is 6.94. The monoisotopic (exact) mass is 407 g/mol. The number of ether oxygens (including phenoxy) is 1. The van der Waals surface area contributed by atoms with Crippen LogP contribution in [0, 0.1) is 12.7 Å². The summed E-state index contributed by atoms with van der Waals surface area (Å²) in [5, 5.41) is 5.18. The Labute approximate surface area is 173 Å². The number of hydrogen-bond donors (Lipinski definition) is 3. The Balaban J connectivity index is 1.75. The molecular formula is C23H22FN3O3. The molecule has 3 rings (SSSR count). The van der Waals surface area contributed by atoms with Crippen LogP contribution in [-0.4, -0.2) is 11.9 Å². The summed E-state index contributed by atoms with van der Waals surface area (Å²) in [4.78, 5) is 24.0. The lowest BCUT2D eigenvalue weighted by Gasteiger charge is -2.19. The quantitative estimate of drug-likeness (QED) is 0.531. The van der Waals surface area contributed by atoms with E-state index in [1.54, 1.807) is 30.3 Å². The van der Waals surface area contributed by atoms with Crippen molar-refractivity contribution in [3.63, 3.8) is 0 Å². The van der Waals surface area contributed by atoms with Crippen LogP contribution in [0.5, 0.6) is 11.5 Å². The molecule has 0 aliphatic heterocycles. The highest BCUT2D eigenvalue weighted by molar-refractivity contribution is 5.93. The van der Waals surface area contributed by atoms with Crippen LogP contribution in [0.3, 0.4) is 0 Å². The number of nitrogens with two attached hydrogens (primary N) is 1. The van der Waals surface area contributed by atoms with Crippen molar-refractivity contribution in [1.29, 1.82) is 0 Å². The van der Waals surface area contributed by atoms with E-state index in [1.165, 1.54) is 18.2 Å². The van der Waals surface area contributed by atoms with Gasteiger partial charge in [-0.1, -0.05) is 48.0 Å². The summed E-state index contributed by atoms with van der Waals surface area (Å²) in [6, 6.07) is 18.6. The number of anilines is 1. The predicted molar refractivity (Wildman–Crippen MR) is 113 cm³/mol. The lowest BCUT2D eigenvalue weighted by molar-refractivity contribution is -0.116. The van der Waals surface area contributed by atoms with Gasteiger partial charge in [0.25, 0.3) is 0 Å². The Morgan fingerprint density at radius 1 is 1.00 bits per heavy atom. The lowest BCUT2D eigenvalue weighted by atomic mass is 10.0. The number of primary amides is 1. The van der Waals surface area contributed by atoms with Gasteiger partial charge < -0.3 is 21.1 Å². The molecule has 0 bridgehead atoms. The Morgan fingerprint density at radius 3 is 2.37 bits per heavy atom. The molecule has 1 atom stereocenters. The normalized spacial score (nSPS) is 11.4. The van der Waals surface area contributed by atoms with Crippen molar-refractivity contribution < 1.29 is 18.7 Å². The van der Waals surface area contributed by atoms with Gasteiger partial charge in [0, 0.05) is 5.56 Å². The number of urea groups is 1. The summed E-state index contributed by atoms with van der Waals surface area (Å²) in [6.45, 7) is 1.98. The summed E-state index contributed by atoms with van der Waals surface area (Å²) in [6.07, 6.45) is -0.206. The molecule has 6 nitrogen and oxygen atoms in total. The van der Waals surface area contributed by atoms with Crippen LogP contribution in [-0.2, 0) is 4.79 Å². The minimum Gasteiger partial charge on any atom is -0.455 e. The van der Waals surface area contributed by atoms with Gasteiger partial charge in [0.2, 0.25) is 5.91 Å². The molecular weight excluding hydrogens is 385 g/mol. The van der Waals surface area contributed by atoms with E-state index < -0.39 is 23.8 Å². The summed E-state index contributed by atoms with van der Waals surface area (Å²) >= 11 is 0. The second-order valence-corrected chi connectivity index (χ2v) is 6.75. The fraction of sp³-hybridized carbons (Fsp3) is 0.130. The molecule has 0 aromatic heterocycles. The van der Waals surface area contributed by atoms with Gasteiger partial charge in [-0.3, -0.25) is 4.79 Å². The zero-order valence-electron chi connectivity index (χ0n) is 16.4. The highest BCUT2D eigenvalue weighted by Crippen LogP contribution is 2.30. The highest BCUT2D eigenvalue weighted by Gasteiger charge is 2.21. The molecule has 0 spiro atoms. The molecule has 0 heterocycles. The molecule has 0 unspecified atom stereocenters. The van der Waals surface area contributed by atoms with Crippen molar-refractivity contribution >= 4 is 17.6 Å². The van der Waals surface area contributed by atoms with E-state index in [4.69, 9.17) is 10.5 Å². The average molecular weight is 407 g/mol. The molecule has 0 aliphatic carbocycles. The maximum Gasteiger partial charge on any atom is 0.312 e. The number of nitrogens with one attached hydrogen (secondary N) is 2. The number of para-hydroxylation sites is 2. The van der Waals surface area contributed by atoms with Gasteiger partial charge in [0.05, 0.1) is 18.2 Å². The van der Waals surface area contributed by atoms with E-state index in [0.29, 0.717) is 17.2 Å². The van der Waals surface area contributed by atoms with Crippen LogP contribution in [0.2, 0.25) is 0 Å². The molecule has 0 radical (unpaired) electrons. The van der Waals surface area contributed by atoms with Crippen molar-refractivity contribution in [2.24, 2.45) is 5.73 Å². The number of benzene rings is 3. The largest absolute Gasteiger partial charge is 0.455 e. The van der Waals surface area contributed by atoms with Crippen LogP contribution in [0.4, 0.5) is 14.9 Å². The molecule has 0 fully saturated rings. The fourth-order valence-corrected chi connectivity index (χ4v) is 2.95. The molecule has 0 aliphatic rings. The van der Waals surface area contributed by atoms with Crippen LogP contribution >= 0.6 is 0 Å². The molecule has 3 amide bonds. The Bertz CT molecular complexity index is 1040. The van der Waals surface area contributed by atoms with Gasteiger partial charge in [0.15, 0.2) is 5.75 Å². The minimum absolute atomic E-state index is 0.177. The Hall–Kier alpha value is -3.87. The predicted octanol–water partition coefficient (Wildman–Crippen LogP) is 4.66.